The average molecular weight is 567 g/mol. The molecule has 1 aromatic carbocycles. The van der Waals surface area contributed by atoms with Crippen molar-refractivity contribution in [2.24, 2.45) is 0 Å². The average Bonchev–Trinajstić information content (AvgIpc) is 3.70. The van der Waals surface area contributed by atoms with Gasteiger partial charge in [0.15, 0.2) is 11.8 Å². The van der Waals surface area contributed by atoms with Gasteiger partial charge in [-0.05, 0) is 31.0 Å². The summed E-state index contributed by atoms with van der Waals surface area (Å²) in [4.78, 5) is 23.8. The van der Waals surface area contributed by atoms with Gasteiger partial charge in [0.05, 0.1) is 30.4 Å². The smallest absolute Gasteiger partial charge is 0.296 e. The van der Waals surface area contributed by atoms with E-state index in [0.29, 0.717) is 12.1 Å². The standard InChI is InChI=1S/C25H25ClF2N4O7/c26-14-6-17-22(32-25(30-17)39-19-10-37-20-18(33)9-36-21(19)20)31-24(14)38-8-13-15(27)4-11(5-16(13)28)23(34)29-7-12-2-1-3-35-12/h4-6,12,18-21,33H,1-3,7-10H2,(H,29,34)(H,30,31,32)/t12-,18+,19+,20?,21?/m0/s1. The number of pyridine rings is 1. The first kappa shape index (κ1) is 26.1. The molecule has 14 heteroatoms. The Balaban J connectivity index is 1.11. The molecule has 3 aliphatic rings. The second-order valence-corrected chi connectivity index (χ2v) is 9.97. The Labute approximate surface area is 225 Å². The number of carbonyl (C=O) groups is 1. The zero-order valence-corrected chi connectivity index (χ0v) is 21.2. The van der Waals surface area contributed by atoms with Gasteiger partial charge in [0.2, 0.25) is 5.88 Å². The summed E-state index contributed by atoms with van der Waals surface area (Å²) in [6, 6.07) is 3.53. The van der Waals surface area contributed by atoms with Gasteiger partial charge in [-0.3, -0.25) is 4.79 Å². The summed E-state index contributed by atoms with van der Waals surface area (Å²) in [6.45, 7) is 0.769. The van der Waals surface area contributed by atoms with Gasteiger partial charge < -0.3 is 39.1 Å². The topological polar surface area (TPSA) is 137 Å². The normalized spacial score (nSPS) is 26.2. The lowest BCUT2D eigenvalue weighted by atomic mass is 10.1. The number of aromatic amines is 1. The minimum absolute atomic E-state index is 0.0789. The number of carbonyl (C=O) groups excluding carboxylic acids is 1. The molecule has 0 spiro atoms. The van der Waals surface area contributed by atoms with Crippen LogP contribution in [-0.4, -0.2) is 82.9 Å². The predicted molar refractivity (Wildman–Crippen MR) is 131 cm³/mol. The molecule has 39 heavy (non-hydrogen) atoms. The van der Waals surface area contributed by atoms with Crippen LogP contribution in [0.15, 0.2) is 18.2 Å². The molecular formula is C25H25ClF2N4O7. The quantitative estimate of drug-likeness (QED) is 0.375. The SMILES string of the molecule is O=C(NC[C@@H]1CCCO1)c1cc(F)c(COc2nc3nc(O[C@@H]4COC5C4OC[C@H]5O)[nH]c3cc2Cl)c(F)c1. The zero-order valence-electron chi connectivity index (χ0n) is 20.5. The number of aliphatic hydroxyl groups excluding tert-OH is 1. The number of nitrogens with one attached hydrogen (secondary N) is 2. The fraction of sp³-hybridized carbons (Fsp3) is 0.480. The molecule has 3 aromatic rings. The zero-order chi connectivity index (χ0) is 27.1. The van der Waals surface area contributed by atoms with Crippen molar-refractivity contribution in [2.75, 3.05) is 26.4 Å². The van der Waals surface area contributed by atoms with Gasteiger partial charge in [-0.2, -0.15) is 9.97 Å². The summed E-state index contributed by atoms with van der Waals surface area (Å²) in [5.74, 6) is -2.58. The van der Waals surface area contributed by atoms with E-state index in [9.17, 15) is 18.7 Å². The molecule has 5 atom stereocenters. The van der Waals surface area contributed by atoms with Gasteiger partial charge in [-0.15, -0.1) is 0 Å². The molecule has 11 nitrogen and oxygen atoms in total. The monoisotopic (exact) mass is 566 g/mol. The number of H-pyrrole nitrogens is 1. The minimum atomic E-state index is -0.943. The fourth-order valence-electron chi connectivity index (χ4n) is 4.85. The molecule has 5 heterocycles. The molecular weight excluding hydrogens is 542 g/mol. The van der Waals surface area contributed by atoms with Crippen LogP contribution in [-0.2, 0) is 20.8 Å². The number of amides is 1. The van der Waals surface area contributed by atoms with Crippen molar-refractivity contribution >= 4 is 28.7 Å². The first-order chi connectivity index (χ1) is 18.9. The predicted octanol–water partition coefficient (Wildman–Crippen LogP) is 2.28. The van der Waals surface area contributed by atoms with Crippen molar-refractivity contribution in [2.45, 2.75) is 50.0 Å². The molecule has 0 saturated carbocycles. The number of benzene rings is 1. The lowest BCUT2D eigenvalue weighted by Crippen LogP contribution is -2.34. The summed E-state index contributed by atoms with van der Waals surface area (Å²) in [7, 11) is 0. The number of fused-ring (bicyclic) bond motifs is 2. The number of hydrogen-bond acceptors (Lipinski definition) is 9. The summed E-state index contributed by atoms with van der Waals surface area (Å²) in [5.41, 5.74) is 0.112. The van der Waals surface area contributed by atoms with Crippen molar-refractivity contribution in [3.8, 4) is 11.9 Å². The highest BCUT2D eigenvalue weighted by atomic mass is 35.5. The first-order valence-electron chi connectivity index (χ1n) is 12.5. The van der Waals surface area contributed by atoms with Crippen molar-refractivity contribution in [3.63, 3.8) is 0 Å². The van der Waals surface area contributed by atoms with Crippen LogP contribution in [0.2, 0.25) is 5.02 Å². The molecule has 3 aliphatic heterocycles. The van der Waals surface area contributed by atoms with Crippen LogP contribution < -0.4 is 14.8 Å². The number of imidazole rings is 1. The summed E-state index contributed by atoms with van der Waals surface area (Å²) < 4.78 is 57.4. The Morgan fingerprint density at radius 1 is 1.15 bits per heavy atom. The Morgan fingerprint density at radius 3 is 2.72 bits per heavy atom. The van der Waals surface area contributed by atoms with Crippen molar-refractivity contribution in [1.82, 2.24) is 20.3 Å². The highest BCUT2D eigenvalue weighted by Gasteiger charge is 2.48. The van der Waals surface area contributed by atoms with Crippen LogP contribution in [0.1, 0.15) is 28.8 Å². The van der Waals surface area contributed by atoms with E-state index in [1.54, 1.807) is 0 Å². The van der Waals surface area contributed by atoms with Gasteiger partial charge >= 0.3 is 0 Å². The lowest BCUT2D eigenvalue weighted by Gasteiger charge is -2.15. The number of aromatic nitrogens is 3. The molecule has 208 valence electrons. The van der Waals surface area contributed by atoms with E-state index in [1.165, 1.54) is 6.07 Å². The maximum atomic E-state index is 14.7. The lowest BCUT2D eigenvalue weighted by molar-refractivity contribution is 0.00706. The van der Waals surface area contributed by atoms with Gasteiger partial charge in [-0.25, -0.2) is 8.78 Å². The van der Waals surface area contributed by atoms with Gasteiger partial charge in [0.1, 0.15) is 41.6 Å². The number of halogens is 3. The van der Waals surface area contributed by atoms with Crippen molar-refractivity contribution in [1.29, 1.82) is 0 Å². The van der Waals surface area contributed by atoms with Crippen LogP contribution in [0, 0.1) is 11.6 Å². The van der Waals surface area contributed by atoms with E-state index in [0.717, 1.165) is 25.0 Å². The van der Waals surface area contributed by atoms with Crippen LogP contribution in [0.3, 0.4) is 0 Å². The number of rotatable bonds is 8. The molecule has 6 rings (SSSR count). The second kappa shape index (κ2) is 10.8. The van der Waals surface area contributed by atoms with Gasteiger partial charge in [0, 0.05) is 18.7 Å². The third kappa shape index (κ3) is 5.37. The van der Waals surface area contributed by atoms with E-state index in [4.69, 9.17) is 35.3 Å². The first-order valence-corrected chi connectivity index (χ1v) is 12.9. The molecule has 0 radical (unpaired) electrons. The van der Waals surface area contributed by atoms with Crippen LogP contribution in [0.5, 0.6) is 11.9 Å². The fourth-order valence-corrected chi connectivity index (χ4v) is 5.06. The highest BCUT2D eigenvalue weighted by molar-refractivity contribution is 6.32. The Kier molecular flexibility index (Phi) is 7.25. The van der Waals surface area contributed by atoms with E-state index < -0.39 is 48.6 Å². The van der Waals surface area contributed by atoms with Crippen molar-refractivity contribution < 1.29 is 42.4 Å². The number of aliphatic hydroxyl groups is 1. The maximum Gasteiger partial charge on any atom is 0.296 e. The largest absolute Gasteiger partial charge is 0.471 e. The van der Waals surface area contributed by atoms with E-state index in [-0.39, 0.29) is 59.5 Å². The molecule has 3 N–H and O–H groups in total. The summed E-state index contributed by atoms with van der Waals surface area (Å²) >= 11 is 6.28. The summed E-state index contributed by atoms with van der Waals surface area (Å²) in [6.07, 6.45) is -0.426. The van der Waals surface area contributed by atoms with Crippen molar-refractivity contribution in [3.05, 3.63) is 46.0 Å². The Hall–Kier alpha value is -3.10. The van der Waals surface area contributed by atoms with E-state index in [1.807, 2.05) is 0 Å². The third-order valence-electron chi connectivity index (χ3n) is 6.89. The number of ether oxygens (including phenoxy) is 5. The summed E-state index contributed by atoms with van der Waals surface area (Å²) in [5, 5.41) is 12.6. The van der Waals surface area contributed by atoms with Crippen LogP contribution in [0.4, 0.5) is 8.78 Å². The van der Waals surface area contributed by atoms with E-state index in [2.05, 4.69) is 20.3 Å². The molecule has 0 bridgehead atoms. The number of nitrogens with zero attached hydrogens (tertiary/aromatic N) is 2. The van der Waals surface area contributed by atoms with E-state index >= 15 is 0 Å². The Bertz CT molecular complexity index is 1360. The highest BCUT2D eigenvalue weighted by Crippen LogP contribution is 2.31. The molecule has 2 aromatic heterocycles. The maximum absolute atomic E-state index is 14.7. The molecule has 1 amide bonds. The molecule has 3 fully saturated rings. The van der Waals surface area contributed by atoms with Gasteiger partial charge in [-0.1, -0.05) is 11.6 Å². The number of hydrogen-bond donors (Lipinski definition) is 3. The Morgan fingerprint density at radius 2 is 1.95 bits per heavy atom. The molecule has 0 aliphatic carbocycles. The molecule has 2 unspecified atom stereocenters. The third-order valence-corrected chi connectivity index (χ3v) is 7.16. The van der Waals surface area contributed by atoms with Crippen LogP contribution in [0.25, 0.3) is 11.2 Å². The molecule has 3 saturated heterocycles. The van der Waals surface area contributed by atoms with Crippen LogP contribution >= 0.6 is 11.6 Å². The van der Waals surface area contributed by atoms with Gasteiger partial charge in [0.25, 0.3) is 11.9 Å². The second-order valence-electron chi connectivity index (χ2n) is 9.56. The minimum Gasteiger partial charge on any atom is -0.471 e.